The summed E-state index contributed by atoms with van der Waals surface area (Å²) in [6.45, 7) is 6.23. The van der Waals surface area contributed by atoms with Crippen LogP contribution < -0.4 is 14.8 Å². The second-order valence-electron chi connectivity index (χ2n) is 7.33. The minimum atomic E-state index is 0.175. The topological polar surface area (TPSA) is 30.5 Å². The zero-order chi connectivity index (χ0) is 19.0. The van der Waals surface area contributed by atoms with Crippen molar-refractivity contribution in [3.05, 3.63) is 45.9 Å². The Morgan fingerprint density at radius 3 is 2.74 bits per heavy atom. The number of nitrogens with one attached hydrogen (secondary N) is 1. The van der Waals surface area contributed by atoms with Gasteiger partial charge in [0.15, 0.2) is 11.5 Å². The fourth-order valence-corrected chi connectivity index (χ4v) is 4.58. The van der Waals surface area contributed by atoms with E-state index in [2.05, 4.69) is 31.3 Å². The molecule has 0 aromatic heterocycles. The molecule has 1 N–H and O–H groups in total. The highest BCUT2D eigenvalue weighted by Gasteiger charge is 2.38. The summed E-state index contributed by atoms with van der Waals surface area (Å²) in [4.78, 5) is 0. The van der Waals surface area contributed by atoms with E-state index in [0.29, 0.717) is 16.0 Å². The molecule has 144 valence electrons. The molecule has 0 bridgehead atoms. The maximum absolute atomic E-state index is 6.50. The van der Waals surface area contributed by atoms with Crippen molar-refractivity contribution in [1.29, 1.82) is 0 Å². The Kier molecular flexibility index (Phi) is 5.54. The summed E-state index contributed by atoms with van der Waals surface area (Å²) < 4.78 is 12.7. The highest BCUT2D eigenvalue weighted by molar-refractivity contribution is 6.36. The molecule has 2 aliphatic rings. The molecule has 0 amide bonds. The first kappa shape index (κ1) is 18.9. The van der Waals surface area contributed by atoms with Gasteiger partial charge in [-0.2, -0.15) is 0 Å². The maximum Gasteiger partial charge on any atom is 0.165 e. The number of hydrogen-bond acceptors (Lipinski definition) is 3. The molecular weight excluding hydrogens is 381 g/mol. The number of halogens is 2. The first-order chi connectivity index (χ1) is 13.1. The van der Waals surface area contributed by atoms with Crippen LogP contribution in [0.2, 0.25) is 10.0 Å². The van der Waals surface area contributed by atoms with Gasteiger partial charge in [-0.25, -0.2) is 0 Å². The molecule has 0 spiro atoms. The maximum atomic E-state index is 6.50. The molecule has 27 heavy (non-hydrogen) atoms. The van der Waals surface area contributed by atoms with Crippen molar-refractivity contribution in [1.82, 2.24) is 5.32 Å². The Morgan fingerprint density at radius 1 is 1.19 bits per heavy atom. The summed E-state index contributed by atoms with van der Waals surface area (Å²) in [7, 11) is 0. The van der Waals surface area contributed by atoms with Crippen LogP contribution in [0.3, 0.4) is 0 Å². The van der Waals surface area contributed by atoms with Gasteiger partial charge in [0.05, 0.1) is 6.10 Å². The standard InChI is InChI=1S/C22H25Cl2NO2/c1-3-15(4-2)26-21-10-13(16-6-5-14(23)11-19(16)24)9-17-18-12-25-8-7-20(18)27-22(17)21/h5-6,9-11,15,18,20,25H,3-4,7-8,12H2,1-2H3. The van der Waals surface area contributed by atoms with Crippen LogP contribution in [0.25, 0.3) is 11.1 Å². The van der Waals surface area contributed by atoms with Gasteiger partial charge in [-0.05, 0) is 55.6 Å². The van der Waals surface area contributed by atoms with E-state index in [1.54, 1.807) is 6.07 Å². The van der Waals surface area contributed by atoms with Crippen LogP contribution >= 0.6 is 23.2 Å². The van der Waals surface area contributed by atoms with Gasteiger partial charge < -0.3 is 14.8 Å². The van der Waals surface area contributed by atoms with E-state index >= 15 is 0 Å². The molecule has 1 saturated heterocycles. The molecule has 3 nitrogen and oxygen atoms in total. The molecule has 0 saturated carbocycles. The number of piperidine rings is 1. The first-order valence-electron chi connectivity index (χ1n) is 9.78. The van der Waals surface area contributed by atoms with Crippen molar-refractivity contribution >= 4 is 23.2 Å². The van der Waals surface area contributed by atoms with Gasteiger partial charge in [0.25, 0.3) is 0 Å². The lowest BCUT2D eigenvalue weighted by Gasteiger charge is -2.24. The Morgan fingerprint density at radius 2 is 2.00 bits per heavy atom. The number of rotatable bonds is 5. The number of fused-ring (bicyclic) bond motifs is 3. The van der Waals surface area contributed by atoms with Gasteiger partial charge >= 0.3 is 0 Å². The molecule has 2 unspecified atom stereocenters. The average Bonchev–Trinajstić information content (AvgIpc) is 3.05. The third kappa shape index (κ3) is 3.65. The summed E-state index contributed by atoms with van der Waals surface area (Å²) in [6.07, 6.45) is 3.34. The zero-order valence-corrected chi connectivity index (χ0v) is 17.2. The van der Waals surface area contributed by atoms with E-state index in [1.807, 2.05) is 12.1 Å². The fourth-order valence-electron chi connectivity index (χ4n) is 4.06. The van der Waals surface area contributed by atoms with E-state index in [4.69, 9.17) is 32.7 Å². The van der Waals surface area contributed by atoms with E-state index in [-0.39, 0.29) is 12.2 Å². The van der Waals surface area contributed by atoms with Crippen LogP contribution in [-0.2, 0) is 0 Å². The first-order valence-corrected chi connectivity index (χ1v) is 10.5. The van der Waals surface area contributed by atoms with Gasteiger partial charge in [0, 0.05) is 33.6 Å². The highest BCUT2D eigenvalue weighted by atomic mass is 35.5. The second kappa shape index (κ2) is 7.90. The largest absolute Gasteiger partial charge is 0.487 e. The van der Waals surface area contributed by atoms with Gasteiger partial charge in [0.1, 0.15) is 6.10 Å². The van der Waals surface area contributed by atoms with Crippen molar-refractivity contribution in [2.24, 2.45) is 0 Å². The smallest absolute Gasteiger partial charge is 0.165 e. The fraction of sp³-hybridized carbons (Fsp3) is 0.455. The third-order valence-electron chi connectivity index (χ3n) is 5.62. The van der Waals surface area contributed by atoms with Crippen LogP contribution in [0.15, 0.2) is 30.3 Å². The number of hydrogen-bond donors (Lipinski definition) is 1. The molecule has 2 aliphatic heterocycles. The van der Waals surface area contributed by atoms with Gasteiger partial charge in [-0.15, -0.1) is 0 Å². The summed E-state index contributed by atoms with van der Waals surface area (Å²) in [5.74, 6) is 2.09. The molecular formula is C22H25Cl2NO2. The Bertz CT molecular complexity index is 835. The number of benzene rings is 2. The molecule has 0 radical (unpaired) electrons. The van der Waals surface area contributed by atoms with E-state index in [9.17, 15) is 0 Å². The van der Waals surface area contributed by atoms with Crippen LogP contribution in [-0.4, -0.2) is 25.3 Å². The van der Waals surface area contributed by atoms with Gasteiger partial charge in [-0.1, -0.05) is 43.1 Å². The molecule has 2 atom stereocenters. The molecule has 5 heteroatoms. The molecule has 2 aromatic rings. The van der Waals surface area contributed by atoms with Crippen molar-refractivity contribution in [3.8, 4) is 22.6 Å². The van der Waals surface area contributed by atoms with Crippen LogP contribution in [0.4, 0.5) is 0 Å². The minimum absolute atomic E-state index is 0.175. The molecule has 2 heterocycles. The second-order valence-corrected chi connectivity index (χ2v) is 8.17. The lowest BCUT2D eigenvalue weighted by molar-refractivity contribution is 0.151. The van der Waals surface area contributed by atoms with E-state index < -0.39 is 0 Å². The van der Waals surface area contributed by atoms with Crippen LogP contribution in [0.1, 0.15) is 44.6 Å². The van der Waals surface area contributed by atoms with Gasteiger partial charge in [-0.3, -0.25) is 0 Å². The quantitative estimate of drug-likeness (QED) is 0.654. The summed E-state index contributed by atoms with van der Waals surface area (Å²) >= 11 is 12.6. The average molecular weight is 406 g/mol. The summed E-state index contributed by atoms with van der Waals surface area (Å²) in [5, 5.41) is 4.78. The Balaban J connectivity index is 1.81. The normalized spacial score (nSPS) is 20.9. The molecule has 1 fully saturated rings. The Hall–Kier alpha value is -1.42. The van der Waals surface area contributed by atoms with Crippen molar-refractivity contribution < 1.29 is 9.47 Å². The predicted molar refractivity (Wildman–Crippen MR) is 112 cm³/mol. The van der Waals surface area contributed by atoms with E-state index in [0.717, 1.165) is 55.0 Å². The van der Waals surface area contributed by atoms with Crippen LogP contribution in [0, 0.1) is 0 Å². The summed E-state index contributed by atoms with van der Waals surface area (Å²) in [6, 6.07) is 9.91. The summed E-state index contributed by atoms with van der Waals surface area (Å²) in [5.41, 5.74) is 3.23. The van der Waals surface area contributed by atoms with Crippen molar-refractivity contribution in [2.45, 2.75) is 51.2 Å². The predicted octanol–water partition coefficient (Wildman–Crippen LogP) is 6.07. The third-order valence-corrected chi connectivity index (χ3v) is 6.17. The lowest BCUT2D eigenvalue weighted by atomic mass is 9.89. The minimum Gasteiger partial charge on any atom is -0.487 e. The number of ether oxygens (including phenoxy) is 2. The Labute approximate surface area is 171 Å². The SMILES string of the molecule is CCC(CC)Oc1cc(-c2ccc(Cl)cc2Cl)cc2c1OC1CCNCC21. The van der Waals surface area contributed by atoms with Crippen molar-refractivity contribution in [2.75, 3.05) is 13.1 Å². The van der Waals surface area contributed by atoms with Gasteiger partial charge in [0.2, 0.25) is 0 Å². The molecule has 2 aromatic carbocycles. The zero-order valence-electron chi connectivity index (χ0n) is 15.7. The molecule has 0 aliphatic carbocycles. The monoisotopic (exact) mass is 405 g/mol. The van der Waals surface area contributed by atoms with E-state index in [1.165, 1.54) is 5.56 Å². The molecule has 4 rings (SSSR count). The highest BCUT2D eigenvalue weighted by Crippen LogP contribution is 2.49. The van der Waals surface area contributed by atoms with Crippen LogP contribution in [0.5, 0.6) is 11.5 Å². The lowest BCUT2D eigenvalue weighted by Crippen LogP contribution is -2.37. The van der Waals surface area contributed by atoms with Crippen molar-refractivity contribution in [3.63, 3.8) is 0 Å².